The van der Waals surface area contributed by atoms with Gasteiger partial charge in [-0.15, -0.1) is 0 Å². The van der Waals surface area contributed by atoms with Crippen molar-refractivity contribution in [3.8, 4) is 0 Å². The molecule has 0 spiro atoms. The first-order valence-electron chi connectivity index (χ1n) is 7.38. The van der Waals surface area contributed by atoms with Gasteiger partial charge in [0.15, 0.2) is 0 Å². The van der Waals surface area contributed by atoms with Gasteiger partial charge >= 0.3 is 5.69 Å². The smallest absolute Gasteiger partial charge is 0.312 e. The molecule has 0 aromatic carbocycles. The van der Waals surface area contributed by atoms with Gasteiger partial charge in [0.25, 0.3) is 0 Å². The number of aryl methyl sites for hydroxylation is 2. The van der Waals surface area contributed by atoms with E-state index in [4.69, 9.17) is 4.42 Å². The largest absolute Gasteiger partial charge is 0.469 e. The molecule has 2 heterocycles. The first-order valence-corrected chi connectivity index (χ1v) is 7.38. The molecule has 0 aliphatic carbocycles. The maximum absolute atomic E-state index is 12.1. The van der Waals surface area contributed by atoms with E-state index in [1.54, 1.807) is 20.1 Å². The summed E-state index contributed by atoms with van der Waals surface area (Å²) in [6.45, 7) is 5.02. The summed E-state index contributed by atoms with van der Waals surface area (Å²) in [4.78, 5) is 22.5. The number of hydrogen-bond donors (Lipinski definition) is 1. The molecule has 124 valence electrons. The Morgan fingerprint density at radius 1 is 1.52 bits per heavy atom. The van der Waals surface area contributed by atoms with Gasteiger partial charge in [0.1, 0.15) is 23.7 Å². The highest BCUT2D eigenvalue weighted by atomic mass is 16.6. The van der Waals surface area contributed by atoms with Crippen molar-refractivity contribution < 1.29 is 14.1 Å². The van der Waals surface area contributed by atoms with Gasteiger partial charge in [0.2, 0.25) is 5.91 Å². The van der Waals surface area contributed by atoms with Crippen molar-refractivity contribution in [2.24, 2.45) is 0 Å². The minimum Gasteiger partial charge on any atom is -0.469 e. The molecule has 0 aliphatic heterocycles. The Morgan fingerprint density at radius 2 is 2.26 bits per heavy atom. The van der Waals surface area contributed by atoms with Gasteiger partial charge in [-0.25, -0.2) is 0 Å². The predicted octanol–water partition coefficient (Wildman–Crippen LogP) is 2.14. The van der Waals surface area contributed by atoms with Gasteiger partial charge in [0.05, 0.1) is 11.2 Å². The lowest BCUT2D eigenvalue weighted by Crippen LogP contribution is -2.35. The van der Waals surface area contributed by atoms with Crippen LogP contribution in [0.5, 0.6) is 0 Å². The van der Waals surface area contributed by atoms with Crippen LogP contribution >= 0.6 is 0 Å². The zero-order valence-electron chi connectivity index (χ0n) is 13.4. The van der Waals surface area contributed by atoms with Crippen molar-refractivity contribution in [2.75, 3.05) is 0 Å². The first-order chi connectivity index (χ1) is 10.9. The Labute approximate surface area is 133 Å². The molecule has 2 aromatic rings. The van der Waals surface area contributed by atoms with Gasteiger partial charge in [0, 0.05) is 12.5 Å². The topological polar surface area (TPSA) is 103 Å². The SMILES string of the molecule is Cc1nn(CC(=O)NC(C)CCc2ccco2)c(C)c1[N+](=O)[O-]. The minimum atomic E-state index is -0.474. The van der Waals surface area contributed by atoms with Gasteiger partial charge < -0.3 is 9.73 Å². The molecule has 0 bridgehead atoms. The summed E-state index contributed by atoms with van der Waals surface area (Å²) < 4.78 is 6.61. The number of amides is 1. The number of carbonyl (C=O) groups is 1. The Bertz CT molecular complexity index is 691. The number of nitrogens with one attached hydrogen (secondary N) is 1. The van der Waals surface area contributed by atoms with E-state index < -0.39 is 4.92 Å². The van der Waals surface area contributed by atoms with Crippen LogP contribution in [0.15, 0.2) is 22.8 Å². The predicted molar refractivity (Wildman–Crippen MR) is 83.0 cm³/mol. The van der Waals surface area contributed by atoms with Crippen LogP contribution in [0.1, 0.15) is 30.5 Å². The zero-order chi connectivity index (χ0) is 17.0. The molecule has 0 aliphatic rings. The fourth-order valence-corrected chi connectivity index (χ4v) is 2.45. The maximum atomic E-state index is 12.1. The van der Waals surface area contributed by atoms with Crippen LogP contribution in [0.4, 0.5) is 5.69 Å². The third-order valence-electron chi connectivity index (χ3n) is 3.63. The molecule has 0 radical (unpaired) electrons. The number of rotatable bonds is 7. The quantitative estimate of drug-likeness (QED) is 0.622. The van der Waals surface area contributed by atoms with E-state index in [0.29, 0.717) is 11.4 Å². The molecule has 8 nitrogen and oxygen atoms in total. The first kappa shape index (κ1) is 16.7. The van der Waals surface area contributed by atoms with E-state index in [1.165, 1.54) is 4.68 Å². The molecule has 0 fully saturated rings. The Balaban J connectivity index is 1.89. The second-order valence-electron chi connectivity index (χ2n) is 5.52. The molecule has 8 heteroatoms. The van der Waals surface area contributed by atoms with Crippen LogP contribution in [0.2, 0.25) is 0 Å². The van der Waals surface area contributed by atoms with Gasteiger partial charge in [-0.1, -0.05) is 0 Å². The number of nitrogens with zero attached hydrogens (tertiary/aromatic N) is 3. The second-order valence-corrected chi connectivity index (χ2v) is 5.52. The van der Waals surface area contributed by atoms with E-state index in [1.807, 2.05) is 19.1 Å². The van der Waals surface area contributed by atoms with Crippen LogP contribution in [0.25, 0.3) is 0 Å². The number of furan rings is 1. The van der Waals surface area contributed by atoms with Gasteiger partial charge in [-0.3, -0.25) is 19.6 Å². The highest BCUT2D eigenvalue weighted by Gasteiger charge is 2.22. The minimum absolute atomic E-state index is 0.0282. The van der Waals surface area contributed by atoms with Crippen molar-refractivity contribution in [2.45, 2.75) is 46.2 Å². The van der Waals surface area contributed by atoms with Crippen molar-refractivity contribution in [3.05, 3.63) is 45.7 Å². The van der Waals surface area contributed by atoms with Gasteiger partial charge in [-0.05, 0) is 39.3 Å². The molecular weight excluding hydrogens is 300 g/mol. The molecular formula is C15H20N4O4. The molecule has 0 saturated carbocycles. The molecule has 23 heavy (non-hydrogen) atoms. The molecule has 1 unspecified atom stereocenters. The molecule has 1 N–H and O–H groups in total. The highest BCUT2D eigenvalue weighted by Crippen LogP contribution is 2.21. The lowest BCUT2D eigenvalue weighted by molar-refractivity contribution is -0.386. The summed E-state index contributed by atoms with van der Waals surface area (Å²) in [5.74, 6) is 0.651. The van der Waals surface area contributed by atoms with Crippen LogP contribution in [0, 0.1) is 24.0 Å². The fourth-order valence-electron chi connectivity index (χ4n) is 2.45. The molecule has 2 aromatic heterocycles. The summed E-state index contributed by atoms with van der Waals surface area (Å²) in [5, 5.41) is 17.9. The highest BCUT2D eigenvalue weighted by molar-refractivity contribution is 5.76. The van der Waals surface area contributed by atoms with Crippen molar-refractivity contribution in [3.63, 3.8) is 0 Å². The van der Waals surface area contributed by atoms with E-state index in [0.717, 1.165) is 18.6 Å². The molecule has 1 amide bonds. The fraction of sp³-hybridized carbons (Fsp3) is 0.467. The third-order valence-corrected chi connectivity index (χ3v) is 3.63. The summed E-state index contributed by atoms with van der Waals surface area (Å²) in [7, 11) is 0. The molecule has 1 atom stereocenters. The van der Waals surface area contributed by atoms with Crippen molar-refractivity contribution in [1.82, 2.24) is 15.1 Å². The molecule has 2 rings (SSSR count). The Hall–Kier alpha value is -2.64. The lowest BCUT2D eigenvalue weighted by Gasteiger charge is -2.13. The zero-order valence-corrected chi connectivity index (χ0v) is 13.4. The summed E-state index contributed by atoms with van der Waals surface area (Å²) >= 11 is 0. The average Bonchev–Trinajstić information content (AvgIpc) is 3.05. The van der Waals surface area contributed by atoms with E-state index >= 15 is 0 Å². The monoisotopic (exact) mass is 320 g/mol. The number of nitro groups is 1. The summed E-state index contributed by atoms with van der Waals surface area (Å²) in [5.41, 5.74) is 0.653. The van der Waals surface area contributed by atoms with Crippen LogP contribution < -0.4 is 5.32 Å². The number of carbonyl (C=O) groups excluding carboxylic acids is 1. The number of hydrogen-bond acceptors (Lipinski definition) is 5. The third kappa shape index (κ3) is 4.18. The second kappa shape index (κ2) is 7.08. The normalized spacial score (nSPS) is 12.1. The van der Waals surface area contributed by atoms with Crippen molar-refractivity contribution in [1.29, 1.82) is 0 Å². The van der Waals surface area contributed by atoms with Crippen LogP contribution in [-0.4, -0.2) is 26.7 Å². The summed E-state index contributed by atoms with van der Waals surface area (Å²) in [6, 6.07) is 3.69. The van der Waals surface area contributed by atoms with Crippen molar-refractivity contribution >= 4 is 11.6 Å². The Kier molecular flexibility index (Phi) is 5.15. The van der Waals surface area contributed by atoms with E-state index in [2.05, 4.69) is 10.4 Å². The van der Waals surface area contributed by atoms with Crippen LogP contribution in [0.3, 0.4) is 0 Å². The maximum Gasteiger partial charge on any atom is 0.312 e. The van der Waals surface area contributed by atoms with E-state index in [-0.39, 0.29) is 24.2 Å². The summed E-state index contributed by atoms with van der Waals surface area (Å²) in [6.07, 6.45) is 3.10. The van der Waals surface area contributed by atoms with E-state index in [9.17, 15) is 14.9 Å². The van der Waals surface area contributed by atoms with Crippen LogP contribution in [-0.2, 0) is 17.8 Å². The Morgan fingerprint density at radius 3 is 2.83 bits per heavy atom. The van der Waals surface area contributed by atoms with Gasteiger partial charge in [-0.2, -0.15) is 5.10 Å². The average molecular weight is 320 g/mol. The molecule has 0 saturated heterocycles. The number of aromatic nitrogens is 2. The standard InChI is InChI=1S/C15H20N4O4/c1-10(6-7-13-5-4-8-23-13)16-14(20)9-18-12(3)15(19(21)22)11(2)17-18/h4-5,8,10H,6-7,9H2,1-3H3,(H,16,20). The lowest BCUT2D eigenvalue weighted by atomic mass is 10.1.